The van der Waals surface area contributed by atoms with Gasteiger partial charge in [-0.1, -0.05) is 13.8 Å². The SMILES string of the molecule is COC(=O)N1[C@H](C)C[C@H](C)[C@@H]1CO[C@H]1CC[C@@]2(c3ncc(F)cn3)C(C)C2C1. The molecule has 1 amide bonds. The smallest absolute Gasteiger partial charge is 0.410 e. The lowest BCUT2D eigenvalue weighted by molar-refractivity contribution is -0.0132. The van der Waals surface area contributed by atoms with Gasteiger partial charge in [-0.15, -0.1) is 0 Å². The molecule has 6 nitrogen and oxygen atoms in total. The molecule has 3 fully saturated rings. The number of carbonyl (C=O) groups excluding carboxylic acids is 1. The van der Waals surface area contributed by atoms with Crippen LogP contribution in [0.3, 0.4) is 0 Å². The maximum atomic E-state index is 13.2. The second-order valence-corrected chi connectivity index (χ2v) is 8.90. The lowest BCUT2D eigenvalue weighted by atomic mass is 9.85. The van der Waals surface area contributed by atoms with Crippen LogP contribution in [0.25, 0.3) is 0 Å². The fourth-order valence-electron chi connectivity index (χ4n) is 5.85. The minimum atomic E-state index is -0.392. The number of methoxy groups -OCH3 is 1. The van der Waals surface area contributed by atoms with Gasteiger partial charge in [0.15, 0.2) is 5.82 Å². The number of fused-ring (bicyclic) bond motifs is 1. The first-order valence-electron chi connectivity index (χ1n) is 10.3. The van der Waals surface area contributed by atoms with E-state index in [0.29, 0.717) is 24.4 Å². The molecule has 7 atom stereocenters. The first-order chi connectivity index (χ1) is 13.4. The molecule has 7 heteroatoms. The molecule has 0 N–H and O–H groups in total. The molecule has 28 heavy (non-hydrogen) atoms. The van der Waals surface area contributed by atoms with Crippen molar-refractivity contribution in [2.24, 2.45) is 17.8 Å². The topological polar surface area (TPSA) is 64.5 Å². The third-order valence-corrected chi connectivity index (χ3v) is 7.49. The maximum absolute atomic E-state index is 13.2. The first kappa shape index (κ1) is 19.6. The molecule has 154 valence electrons. The van der Waals surface area contributed by atoms with E-state index in [9.17, 15) is 9.18 Å². The molecule has 2 heterocycles. The van der Waals surface area contributed by atoms with E-state index < -0.39 is 5.82 Å². The molecule has 1 aromatic rings. The Hall–Kier alpha value is -1.76. The average Bonchev–Trinajstić information content (AvgIpc) is 3.17. The third-order valence-electron chi connectivity index (χ3n) is 7.49. The van der Waals surface area contributed by atoms with Gasteiger partial charge >= 0.3 is 6.09 Å². The Balaban J connectivity index is 1.37. The maximum Gasteiger partial charge on any atom is 0.410 e. The fraction of sp³-hybridized carbons (Fsp3) is 0.762. The molecule has 0 radical (unpaired) electrons. The average molecular weight is 391 g/mol. The van der Waals surface area contributed by atoms with Crippen LogP contribution in [0.5, 0.6) is 0 Å². The molecular formula is C21H30FN3O3. The fourth-order valence-corrected chi connectivity index (χ4v) is 5.85. The van der Waals surface area contributed by atoms with E-state index in [-0.39, 0.29) is 29.7 Å². The van der Waals surface area contributed by atoms with Crippen molar-refractivity contribution in [1.29, 1.82) is 0 Å². The van der Waals surface area contributed by atoms with E-state index >= 15 is 0 Å². The Morgan fingerprint density at radius 2 is 2.00 bits per heavy atom. The number of amides is 1. The summed E-state index contributed by atoms with van der Waals surface area (Å²) < 4.78 is 24.5. The number of rotatable bonds is 4. The Morgan fingerprint density at radius 3 is 2.64 bits per heavy atom. The van der Waals surface area contributed by atoms with Crippen molar-refractivity contribution < 1.29 is 18.7 Å². The van der Waals surface area contributed by atoms with Crippen molar-refractivity contribution in [3.63, 3.8) is 0 Å². The van der Waals surface area contributed by atoms with Crippen molar-refractivity contribution in [1.82, 2.24) is 14.9 Å². The molecular weight excluding hydrogens is 361 g/mol. The predicted octanol–water partition coefficient (Wildman–Crippen LogP) is 3.55. The molecule has 1 aliphatic heterocycles. The van der Waals surface area contributed by atoms with E-state index in [1.807, 2.05) is 4.90 Å². The summed E-state index contributed by atoms with van der Waals surface area (Å²) in [6.45, 7) is 7.02. The summed E-state index contributed by atoms with van der Waals surface area (Å²) in [6.07, 6.45) is 6.30. The minimum absolute atomic E-state index is 0.0131. The number of likely N-dealkylation sites (tertiary alicyclic amines) is 1. The summed E-state index contributed by atoms with van der Waals surface area (Å²) in [7, 11) is 1.43. The predicted molar refractivity (Wildman–Crippen MR) is 101 cm³/mol. The Morgan fingerprint density at radius 1 is 1.29 bits per heavy atom. The van der Waals surface area contributed by atoms with Gasteiger partial charge in [0.2, 0.25) is 0 Å². The highest BCUT2D eigenvalue weighted by Crippen LogP contribution is 2.66. The Kier molecular flexibility index (Phi) is 5.06. The molecule has 3 aliphatic rings. The monoisotopic (exact) mass is 391 g/mol. The van der Waals surface area contributed by atoms with Crippen molar-refractivity contribution in [2.45, 2.75) is 70.1 Å². The zero-order valence-electron chi connectivity index (χ0n) is 17.1. The summed E-state index contributed by atoms with van der Waals surface area (Å²) >= 11 is 0. The molecule has 0 bridgehead atoms. The van der Waals surface area contributed by atoms with E-state index in [2.05, 4.69) is 30.7 Å². The van der Waals surface area contributed by atoms with Crippen LogP contribution in [0.1, 0.15) is 52.3 Å². The van der Waals surface area contributed by atoms with Crippen molar-refractivity contribution in [3.8, 4) is 0 Å². The summed E-state index contributed by atoms with van der Waals surface area (Å²) in [6, 6.07) is 0.236. The molecule has 2 unspecified atom stereocenters. The highest BCUT2D eigenvalue weighted by Gasteiger charge is 2.66. The van der Waals surface area contributed by atoms with Crippen LogP contribution in [-0.2, 0) is 14.9 Å². The quantitative estimate of drug-likeness (QED) is 0.785. The van der Waals surface area contributed by atoms with Gasteiger partial charge in [-0.2, -0.15) is 0 Å². The number of aromatic nitrogens is 2. The molecule has 2 aliphatic carbocycles. The Bertz CT molecular complexity index is 730. The molecule has 1 aromatic heterocycles. The van der Waals surface area contributed by atoms with Crippen LogP contribution in [0.4, 0.5) is 9.18 Å². The van der Waals surface area contributed by atoms with Gasteiger partial charge in [0.05, 0.1) is 38.3 Å². The van der Waals surface area contributed by atoms with E-state index in [4.69, 9.17) is 9.47 Å². The molecule has 2 saturated carbocycles. The van der Waals surface area contributed by atoms with Gasteiger partial charge in [0.1, 0.15) is 5.82 Å². The van der Waals surface area contributed by atoms with Gasteiger partial charge in [-0.3, -0.25) is 4.90 Å². The minimum Gasteiger partial charge on any atom is -0.453 e. The Labute approximate surface area is 165 Å². The van der Waals surface area contributed by atoms with Crippen LogP contribution >= 0.6 is 0 Å². The number of carbonyl (C=O) groups is 1. The number of halogens is 1. The van der Waals surface area contributed by atoms with Gasteiger partial charge in [0.25, 0.3) is 0 Å². The summed E-state index contributed by atoms with van der Waals surface area (Å²) in [4.78, 5) is 22.5. The summed E-state index contributed by atoms with van der Waals surface area (Å²) in [5.41, 5.74) is -0.0131. The van der Waals surface area contributed by atoms with Crippen LogP contribution in [-0.4, -0.2) is 52.9 Å². The third kappa shape index (κ3) is 3.08. The normalized spacial score (nSPS) is 39.5. The summed E-state index contributed by atoms with van der Waals surface area (Å²) in [5.74, 6) is 1.75. The van der Waals surface area contributed by atoms with E-state index in [1.165, 1.54) is 19.5 Å². The van der Waals surface area contributed by atoms with Crippen LogP contribution < -0.4 is 0 Å². The molecule has 0 aromatic carbocycles. The van der Waals surface area contributed by atoms with E-state index in [0.717, 1.165) is 31.5 Å². The van der Waals surface area contributed by atoms with Gasteiger partial charge in [0, 0.05) is 11.5 Å². The highest BCUT2D eigenvalue weighted by molar-refractivity contribution is 5.68. The standard InChI is InChI=1S/C21H30FN3O3/c1-12-7-13(2)25(20(26)27-4)18(12)11-28-16-5-6-21(14(3)17(21)8-16)19-23-9-15(22)10-24-19/h9-10,12-14,16-18H,5-8,11H2,1-4H3/t12-,13+,14?,16-,17?,18-,21+/m0/s1. The molecule has 1 saturated heterocycles. The largest absolute Gasteiger partial charge is 0.453 e. The number of hydrogen-bond acceptors (Lipinski definition) is 5. The second kappa shape index (κ2) is 7.25. The number of nitrogens with zero attached hydrogens (tertiary/aromatic N) is 3. The zero-order valence-corrected chi connectivity index (χ0v) is 17.1. The first-order valence-corrected chi connectivity index (χ1v) is 10.3. The van der Waals surface area contributed by atoms with Crippen LogP contribution in [0.2, 0.25) is 0 Å². The lowest BCUT2D eigenvalue weighted by Crippen LogP contribution is -2.44. The number of hydrogen-bond donors (Lipinski definition) is 0. The zero-order chi connectivity index (χ0) is 20.1. The number of ether oxygens (including phenoxy) is 2. The lowest BCUT2D eigenvalue weighted by Gasteiger charge is -2.32. The molecule has 0 spiro atoms. The highest BCUT2D eigenvalue weighted by atomic mass is 19.1. The summed E-state index contributed by atoms with van der Waals surface area (Å²) in [5, 5.41) is 0. The second-order valence-electron chi connectivity index (χ2n) is 8.90. The van der Waals surface area contributed by atoms with Crippen LogP contribution in [0, 0.1) is 23.6 Å². The van der Waals surface area contributed by atoms with Crippen molar-refractivity contribution >= 4 is 6.09 Å². The van der Waals surface area contributed by atoms with Gasteiger partial charge < -0.3 is 9.47 Å². The van der Waals surface area contributed by atoms with Crippen LogP contribution in [0.15, 0.2) is 12.4 Å². The molecule has 4 rings (SSSR count). The van der Waals surface area contributed by atoms with Crippen molar-refractivity contribution in [3.05, 3.63) is 24.0 Å². The van der Waals surface area contributed by atoms with Gasteiger partial charge in [-0.05, 0) is 50.4 Å². The van der Waals surface area contributed by atoms with E-state index in [1.54, 1.807) is 0 Å². The van der Waals surface area contributed by atoms with Gasteiger partial charge in [-0.25, -0.2) is 19.2 Å². The van der Waals surface area contributed by atoms with Crippen molar-refractivity contribution in [2.75, 3.05) is 13.7 Å².